The Hall–Kier alpha value is -0.860. The lowest BCUT2D eigenvalue weighted by molar-refractivity contribution is -0.184. The molecule has 2 heteroatoms. The van der Waals surface area contributed by atoms with Gasteiger partial charge in [-0.05, 0) is 30.7 Å². The summed E-state index contributed by atoms with van der Waals surface area (Å²) in [5, 5.41) is 0. The van der Waals surface area contributed by atoms with E-state index in [0.717, 1.165) is 6.42 Å². The molecule has 19 heavy (non-hydrogen) atoms. The first-order chi connectivity index (χ1) is 9.13. The molecule has 2 unspecified atom stereocenters. The maximum Gasteiger partial charge on any atom is 0.0867 e. The Balaban J connectivity index is 1.96. The normalized spacial score (nSPS) is 35.3. The van der Waals surface area contributed by atoms with E-state index in [2.05, 4.69) is 52.0 Å². The highest BCUT2D eigenvalue weighted by Crippen LogP contribution is 2.34. The van der Waals surface area contributed by atoms with Crippen molar-refractivity contribution in [2.24, 2.45) is 11.8 Å². The molecule has 0 aromatic heterocycles. The first kappa shape index (κ1) is 14.5. The van der Waals surface area contributed by atoms with Gasteiger partial charge in [-0.3, -0.25) is 0 Å². The fourth-order valence-corrected chi connectivity index (χ4v) is 3.06. The van der Waals surface area contributed by atoms with Gasteiger partial charge >= 0.3 is 0 Å². The van der Waals surface area contributed by atoms with E-state index in [9.17, 15) is 0 Å². The van der Waals surface area contributed by atoms with E-state index in [1.54, 1.807) is 0 Å². The van der Waals surface area contributed by atoms with Crippen LogP contribution in [0.2, 0.25) is 0 Å². The van der Waals surface area contributed by atoms with Crippen molar-refractivity contribution in [2.75, 3.05) is 0 Å². The first-order valence-corrected chi connectivity index (χ1v) is 7.44. The summed E-state index contributed by atoms with van der Waals surface area (Å²) >= 11 is 0. The van der Waals surface area contributed by atoms with Gasteiger partial charge in [0.2, 0.25) is 0 Å². The van der Waals surface area contributed by atoms with Crippen molar-refractivity contribution in [3.63, 3.8) is 0 Å². The van der Waals surface area contributed by atoms with Crippen LogP contribution >= 0.6 is 0 Å². The van der Waals surface area contributed by atoms with E-state index in [-0.39, 0.29) is 12.2 Å². The molecule has 106 valence electrons. The third-order valence-electron chi connectivity index (χ3n) is 4.47. The minimum absolute atomic E-state index is 0.180. The molecule has 0 saturated carbocycles. The van der Waals surface area contributed by atoms with E-state index in [1.807, 2.05) is 6.07 Å². The Morgan fingerprint density at radius 1 is 1.05 bits per heavy atom. The number of hydrogen-bond donors (Lipinski definition) is 0. The molecule has 1 aliphatic heterocycles. The smallest absolute Gasteiger partial charge is 0.0867 e. The fraction of sp³-hybridized carbons (Fsp3) is 0.647. The van der Waals surface area contributed by atoms with Crippen molar-refractivity contribution in [3.8, 4) is 0 Å². The lowest BCUT2D eigenvalue weighted by Gasteiger charge is -2.43. The molecule has 0 bridgehead atoms. The summed E-state index contributed by atoms with van der Waals surface area (Å²) in [4.78, 5) is 0. The predicted octanol–water partition coefficient (Wildman–Crippen LogP) is 4.04. The van der Waals surface area contributed by atoms with Gasteiger partial charge in [0, 0.05) is 0 Å². The highest BCUT2D eigenvalue weighted by molar-refractivity contribution is 5.13. The minimum Gasteiger partial charge on any atom is -0.372 e. The summed E-state index contributed by atoms with van der Waals surface area (Å²) < 4.78 is 12.2. The van der Waals surface area contributed by atoms with Crippen LogP contribution < -0.4 is 0 Å². The molecule has 1 aromatic carbocycles. The van der Waals surface area contributed by atoms with Crippen LogP contribution in [0.1, 0.15) is 39.7 Å². The number of hydrogen-bond acceptors (Lipinski definition) is 2. The summed E-state index contributed by atoms with van der Waals surface area (Å²) in [6.45, 7) is 9.59. The zero-order chi connectivity index (χ0) is 13.8. The third kappa shape index (κ3) is 3.37. The molecular weight excluding hydrogens is 236 g/mol. The van der Waals surface area contributed by atoms with Crippen LogP contribution in [0.3, 0.4) is 0 Å². The van der Waals surface area contributed by atoms with Crippen molar-refractivity contribution in [2.45, 2.75) is 59.0 Å². The van der Waals surface area contributed by atoms with Crippen molar-refractivity contribution < 1.29 is 9.47 Å². The summed E-state index contributed by atoms with van der Waals surface area (Å²) in [6, 6.07) is 10.4. The molecule has 1 aromatic rings. The van der Waals surface area contributed by atoms with E-state index in [4.69, 9.17) is 9.47 Å². The van der Waals surface area contributed by atoms with Crippen molar-refractivity contribution >= 4 is 0 Å². The Kier molecular flexibility index (Phi) is 5.00. The van der Waals surface area contributed by atoms with Crippen LogP contribution in [0.5, 0.6) is 0 Å². The van der Waals surface area contributed by atoms with E-state index >= 15 is 0 Å². The molecule has 1 fully saturated rings. The minimum atomic E-state index is 0.180. The van der Waals surface area contributed by atoms with E-state index < -0.39 is 0 Å². The highest BCUT2D eigenvalue weighted by atomic mass is 16.5. The van der Waals surface area contributed by atoms with Gasteiger partial charge in [-0.25, -0.2) is 0 Å². The van der Waals surface area contributed by atoms with Crippen LogP contribution in [0.25, 0.3) is 0 Å². The maximum atomic E-state index is 6.13. The molecule has 0 amide bonds. The van der Waals surface area contributed by atoms with Gasteiger partial charge in [0.1, 0.15) is 0 Å². The van der Waals surface area contributed by atoms with Gasteiger partial charge in [0.15, 0.2) is 0 Å². The fourth-order valence-electron chi connectivity index (χ4n) is 3.06. The van der Waals surface area contributed by atoms with Crippen LogP contribution in [-0.2, 0) is 16.1 Å². The van der Waals surface area contributed by atoms with Gasteiger partial charge in [-0.2, -0.15) is 0 Å². The number of ether oxygens (including phenoxy) is 2. The molecule has 0 radical (unpaired) electrons. The zero-order valence-electron chi connectivity index (χ0n) is 12.5. The van der Waals surface area contributed by atoms with Crippen molar-refractivity contribution in [1.82, 2.24) is 0 Å². The Morgan fingerprint density at radius 2 is 1.74 bits per heavy atom. The molecular formula is C17H26O2. The number of benzene rings is 1. The third-order valence-corrected chi connectivity index (χ3v) is 4.47. The van der Waals surface area contributed by atoms with Crippen LogP contribution in [0.4, 0.5) is 0 Å². The van der Waals surface area contributed by atoms with Gasteiger partial charge in [-0.1, -0.05) is 51.1 Å². The highest BCUT2D eigenvalue weighted by Gasteiger charge is 2.39. The molecule has 1 heterocycles. The van der Waals surface area contributed by atoms with Crippen LogP contribution in [0.15, 0.2) is 30.3 Å². The zero-order valence-corrected chi connectivity index (χ0v) is 12.5. The summed E-state index contributed by atoms with van der Waals surface area (Å²) in [5.41, 5.74) is 1.23. The standard InChI is InChI=1S/C17H26O2/c1-5-16-12(2)13(3)17(14(4)19-16)18-11-15-9-7-6-8-10-15/h6-10,12-14,16-17H,5,11H2,1-4H3/t12-,13-,14-,16?,17?/m0/s1. The van der Waals surface area contributed by atoms with Crippen LogP contribution in [0, 0.1) is 11.8 Å². The molecule has 0 aliphatic carbocycles. The maximum absolute atomic E-state index is 6.13. The van der Waals surface area contributed by atoms with E-state index in [1.165, 1.54) is 5.56 Å². The van der Waals surface area contributed by atoms with Crippen LogP contribution in [-0.4, -0.2) is 18.3 Å². The van der Waals surface area contributed by atoms with Gasteiger partial charge in [-0.15, -0.1) is 0 Å². The van der Waals surface area contributed by atoms with E-state index in [0.29, 0.717) is 24.5 Å². The Bertz CT molecular complexity index is 376. The van der Waals surface area contributed by atoms with Crippen molar-refractivity contribution in [3.05, 3.63) is 35.9 Å². The second-order valence-electron chi connectivity index (χ2n) is 5.77. The predicted molar refractivity (Wildman–Crippen MR) is 78.0 cm³/mol. The quantitative estimate of drug-likeness (QED) is 0.815. The monoisotopic (exact) mass is 262 g/mol. The second-order valence-corrected chi connectivity index (χ2v) is 5.77. The van der Waals surface area contributed by atoms with Gasteiger partial charge in [0.25, 0.3) is 0 Å². The molecule has 1 saturated heterocycles. The molecule has 1 aliphatic rings. The summed E-state index contributed by atoms with van der Waals surface area (Å²) in [6.07, 6.45) is 1.83. The Morgan fingerprint density at radius 3 is 2.37 bits per heavy atom. The largest absolute Gasteiger partial charge is 0.372 e. The lowest BCUT2D eigenvalue weighted by atomic mass is 9.81. The van der Waals surface area contributed by atoms with Gasteiger partial charge < -0.3 is 9.47 Å². The SMILES string of the molecule is CCC1O[C@@H](C)C(OCc2ccccc2)[C@@H](C)[C@@H]1C. The molecule has 2 rings (SSSR count). The molecule has 0 spiro atoms. The molecule has 0 N–H and O–H groups in total. The first-order valence-electron chi connectivity index (χ1n) is 7.44. The second kappa shape index (κ2) is 6.53. The average Bonchev–Trinajstić information content (AvgIpc) is 2.44. The van der Waals surface area contributed by atoms with Gasteiger partial charge in [0.05, 0.1) is 24.9 Å². The summed E-state index contributed by atoms with van der Waals surface area (Å²) in [5.74, 6) is 1.10. The topological polar surface area (TPSA) is 18.5 Å². The average molecular weight is 262 g/mol. The van der Waals surface area contributed by atoms with Crippen molar-refractivity contribution in [1.29, 1.82) is 0 Å². The lowest BCUT2D eigenvalue weighted by Crippen LogP contribution is -2.48. The number of rotatable bonds is 4. The summed E-state index contributed by atoms with van der Waals surface area (Å²) in [7, 11) is 0. The Labute approximate surface area is 117 Å². The molecule has 5 atom stereocenters. The molecule has 2 nitrogen and oxygen atoms in total.